The Morgan fingerprint density at radius 3 is 1.10 bits per heavy atom. The largest absolute Gasteiger partial charge is 0.335 e. The Bertz CT molecular complexity index is 98.3. The van der Waals surface area contributed by atoms with Crippen LogP contribution in [0, 0.1) is 20.2 Å². The molecule has 0 aromatic rings. The molecule has 2 N–H and O–H groups in total. The molecule has 0 radical (unpaired) electrons. The van der Waals surface area contributed by atoms with E-state index >= 15 is 0 Å². The van der Waals surface area contributed by atoms with Crippen molar-refractivity contribution >= 4 is 0 Å². The predicted octanol–water partition coefficient (Wildman–Crippen LogP) is -1.57. The quantitative estimate of drug-likeness (QED) is 0.281. The average molecular weight is 154 g/mol. The van der Waals surface area contributed by atoms with Crippen LogP contribution in [-0.2, 0) is 0 Å². The summed E-state index contributed by atoms with van der Waals surface area (Å²) in [7, 11) is 0. The summed E-state index contributed by atoms with van der Waals surface area (Å²) in [4.78, 5) is 16.2. The van der Waals surface area contributed by atoms with Crippen LogP contribution in [0.15, 0.2) is 0 Å². The zero-order valence-corrected chi connectivity index (χ0v) is 4.84. The molecule has 0 aliphatic rings. The van der Waals surface area contributed by atoms with Gasteiger partial charge in [0.1, 0.15) is 0 Å². The van der Waals surface area contributed by atoms with Crippen LogP contribution in [0.2, 0.25) is 0 Å². The fourth-order valence-electron chi connectivity index (χ4n) is 0. The zero-order chi connectivity index (χ0) is 8.57. The van der Waals surface area contributed by atoms with E-state index < -0.39 is 23.3 Å². The molecule has 0 atom stereocenters. The van der Waals surface area contributed by atoms with Gasteiger partial charge in [-0.2, -0.15) is 0 Å². The monoisotopic (exact) mass is 154 g/mol. The van der Waals surface area contributed by atoms with Crippen molar-refractivity contribution < 1.29 is 20.1 Å². The number of nitrogens with zero attached hydrogens (tertiary/aromatic N) is 2. The number of hydrogen-bond acceptors (Lipinski definition) is 6. The topological polar surface area (TPSA) is 127 Å². The second-order valence-electron chi connectivity index (χ2n) is 0.948. The number of aliphatic hydroxyl groups is 2. The first-order chi connectivity index (χ1) is 4.54. The van der Waals surface area contributed by atoms with Gasteiger partial charge < -0.3 is 10.2 Å². The van der Waals surface area contributed by atoms with E-state index in [4.69, 9.17) is 30.4 Å². The first-order valence-electron chi connectivity index (χ1n) is 2.00. The third-order valence-electron chi connectivity index (χ3n) is 0.231. The molecule has 0 bridgehead atoms. The highest BCUT2D eigenvalue weighted by atomic mass is 16.7. The Balaban J connectivity index is 0. The molecule has 0 aromatic heterocycles. The molecule has 0 saturated heterocycles. The minimum Gasteiger partial charge on any atom is -0.335 e. The highest BCUT2D eigenvalue weighted by Gasteiger charge is 1.79. The molecule has 0 aliphatic carbocycles. The van der Waals surface area contributed by atoms with Gasteiger partial charge in [-0.3, -0.25) is 20.2 Å². The van der Waals surface area contributed by atoms with E-state index in [-0.39, 0.29) is 0 Å². The SMILES string of the molecule is O=[N+]([O-])CO.O=[N+]([O-])CO. The van der Waals surface area contributed by atoms with Gasteiger partial charge in [-0.25, -0.2) is 0 Å². The maximum absolute atomic E-state index is 8.92. The van der Waals surface area contributed by atoms with E-state index in [1.807, 2.05) is 0 Å². The van der Waals surface area contributed by atoms with Crippen molar-refractivity contribution in [1.82, 2.24) is 0 Å². The Morgan fingerprint density at radius 2 is 1.10 bits per heavy atom. The lowest BCUT2D eigenvalue weighted by Gasteiger charge is -1.73. The molecule has 10 heavy (non-hydrogen) atoms. The maximum Gasteiger partial charge on any atom is 0.303 e. The van der Waals surface area contributed by atoms with Gasteiger partial charge in [0.2, 0.25) is 0 Å². The molecule has 0 fully saturated rings. The van der Waals surface area contributed by atoms with E-state index in [0.29, 0.717) is 0 Å². The molecule has 0 saturated carbocycles. The Labute approximate surface area is 55.0 Å². The molecule has 8 heteroatoms. The normalized spacial score (nSPS) is 7.40. The molecule has 60 valence electrons. The van der Waals surface area contributed by atoms with E-state index in [2.05, 4.69) is 0 Å². The average Bonchev–Trinajstić information content (AvgIpc) is 1.89. The van der Waals surface area contributed by atoms with Crippen molar-refractivity contribution in [3.8, 4) is 0 Å². The summed E-state index contributed by atoms with van der Waals surface area (Å²) in [6.45, 7) is -1.94. The highest BCUT2D eigenvalue weighted by Crippen LogP contribution is 1.53. The lowest BCUT2D eigenvalue weighted by Crippen LogP contribution is -1.96. The van der Waals surface area contributed by atoms with Crippen LogP contribution in [-0.4, -0.2) is 33.5 Å². The lowest BCUT2D eigenvalue weighted by atomic mass is 11.4. The smallest absolute Gasteiger partial charge is 0.303 e. The van der Waals surface area contributed by atoms with Crippen molar-refractivity contribution in [2.45, 2.75) is 0 Å². The van der Waals surface area contributed by atoms with Crippen molar-refractivity contribution in [2.24, 2.45) is 0 Å². The van der Waals surface area contributed by atoms with Crippen molar-refractivity contribution in [1.29, 1.82) is 0 Å². The Morgan fingerprint density at radius 1 is 1.00 bits per heavy atom. The van der Waals surface area contributed by atoms with Gasteiger partial charge >= 0.3 is 13.5 Å². The second-order valence-corrected chi connectivity index (χ2v) is 0.948. The van der Waals surface area contributed by atoms with Crippen molar-refractivity contribution in [3.05, 3.63) is 20.2 Å². The number of nitro groups is 2. The van der Waals surface area contributed by atoms with Gasteiger partial charge in [0, 0.05) is 9.85 Å². The van der Waals surface area contributed by atoms with Gasteiger partial charge in [0.05, 0.1) is 0 Å². The fourth-order valence-corrected chi connectivity index (χ4v) is 0. The number of aliphatic hydroxyl groups excluding tert-OH is 2. The van der Waals surface area contributed by atoms with Crippen LogP contribution in [0.25, 0.3) is 0 Å². The summed E-state index contributed by atoms with van der Waals surface area (Å²) in [6, 6.07) is 0. The first-order valence-corrected chi connectivity index (χ1v) is 2.00. The third-order valence-corrected chi connectivity index (χ3v) is 0.231. The van der Waals surface area contributed by atoms with Gasteiger partial charge in [0.25, 0.3) is 0 Å². The predicted molar refractivity (Wildman–Crippen MR) is 28.2 cm³/mol. The Kier molecular flexibility index (Phi) is 8.88. The van der Waals surface area contributed by atoms with E-state index in [1.54, 1.807) is 0 Å². The summed E-state index contributed by atoms with van der Waals surface area (Å²) in [5.41, 5.74) is 0. The van der Waals surface area contributed by atoms with Crippen LogP contribution in [0.5, 0.6) is 0 Å². The Hall–Kier alpha value is -1.28. The van der Waals surface area contributed by atoms with E-state index in [1.165, 1.54) is 0 Å². The molecular formula is C2H6N2O6. The van der Waals surface area contributed by atoms with Crippen molar-refractivity contribution in [3.63, 3.8) is 0 Å². The minimum absolute atomic E-state index is 0.819. The van der Waals surface area contributed by atoms with Crippen LogP contribution >= 0.6 is 0 Å². The summed E-state index contributed by atoms with van der Waals surface area (Å²) in [5, 5.41) is 32.7. The molecule has 0 rings (SSSR count). The van der Waals surface area contributed by atoms with E-state index in [0.717, 1.165) is 0 Å². The molecule has 0 heterocycles. The lowest BCUT2D eigenvalue weighted by molar-refractivity contribution is -0.520. The highest BCUT2D eigenvalue weighted by molar-refractivity contribution is 3.96. The molecule has 8 nitrogen and oxygen atoms in total. The van der Waals surface area contributed by atoms with Gasteiger partial charge in [-0.05, 0) is 0 Å². The van der Waals surface area contributed by atoms with Gasteiger partial charge in [-0.1, -0.05) is 0 Å². The standard InChI is InChI=1S/2CH3NO3/c2*3-1-2(4)5/h2*3H,1H2. The van der Waals surface area contributed by atoms with Gasteiger partial charge in [-0.15, -0.1) is 0 Å². The van der Waals surface area contributed by atoms with Crippen LogP contribution in [0.3, 0.4) is 0 Å². The molecule has 0 amide bonds. The third kappa shape index (κ3) is 29.7. The van der Waals surface area contributed by atoms with Crippen LogP contribution in [0.4, 0.5) is 0 Å². The van der Waals surface area contributed by atoms with Crippen LogP contribution in [0.1, 0.15) is 0 Å². The molecule has 0 spiro atoms. The number of hydrogen-bond donors (Lipinski definition) is 2. The first kappa shape index (κ1) is 11.5. The summed E-state index contributed by atoms with van der Waals surface area (Å²) in [5.74, 6) is 0. The minimum atomic E-state index is -0.972. The van der Waals surface area contributed by atoms with Crippen LogP contribution < -0.4 is 0 Å². The van der Waals surface area contributed by atoms with Gasteiger partial charge in [0.15, 0.2) is 0 Å². The van der Waals surface area contributed by atoms with E-state index in [9.17, 15) is 0 Å². The fraction of sp³-hybridized carbons (Fsp3) is 1.00. The van der Waals surface area contributed by atoms with Crippen molar-refractivity contribution in [2.75, 3.05) is 13.5 Å². The molecular weight excluding hydrogens is 148 g/mol. The summed E-state index contributed by atoms with van der Waals surface area (Å²) < 4.78 is 0. The summed E-state index contributed by atoms with van der Waals surface area (Å²) >= 11 is 0. The zero-order valence-electron chi connectivity index (χ0n) is 4.84. The molecule has 0 unspecified atom stereocenters. The molecule has 0 aromatic carbocycles. The second kappa shape index (κ2) is 7.72. The maximum atomic E-state index is 8.92. The molecule has 0 aliphatic heterocycles. The summed E-state index contributed by atoms with van der Waals surface area (Å²) in [6.07, 6.45) is 0. The number of rotatable bonds is 2.